The van der Waals surface area contributed by atoms with Crippen molar-refractivity contribution in [2.24, 2.45) is 35.5 Å². The Hall–Kier alpha value is -2.47. The van der Waals surface area contributed by atoms with Crippen molar-refractivity contribution in [1.82, 2.24) is 4.90 Å². The minimum Gasteiger partial charge on any atom is -0.456 e. The number of likely N-dealkylation sites (tertiary alicyclic amines) is 1. The molecule has 0 spiro atoms. The number of unbranched alkanes of at least 4 members (excludes halogenated alkanes) is 1. The van der Waals surface area contributed by atoms with Gasteiger partial charge in [0.15, 0.2) is 12.4 Å². The maximum Gasteiger partial charge on any atom is 0.329 e. The van der Waals surface area contributed by atoms with Gasteiger partial charge in [0.1, 0.15) is 6.04 Å². The first-order valence-corrected chi connectivity index (χ1v) is 11.8. The fourth-order valence-corrected chi connectivity index (χ4v) is 6.12. The molecule has 32 heavy (non-hydrogen) atoms. The molecule has 0 N–H and O–H groups in total. The Morgan fingerprint density at radius 3 is 2.22 bits per heavy atom. The summed E-state index contributed by atoms with van der Waals surface area (Å²) in [4.78, 5) is 53.4. The zero-order chi connectivity index (χ0) is 22.6. The monoisotopic (exact) mass is 455 g/mol. The number of amides is 2. The lowest BCUT2D eigenvalue weighted by Crippen LogP contribution is -2.47. The highest BCUT2D eigenvalue weighted by molar-refractivity contribution is 6.30. The van der Waals surface area contributed by atoms with Gasteiger partial charge in [-0.3, -0.25) is 19.3 Å². The topological polar surface area (TPSA) is 80.8 Å². The average Bonchev–Trinajstić information content (AvgIpc) is 3.57. The largest absolute Gasteiger partial charge is 0.456 e. The van der Waals surface area contributed by atoms with Gasteiger partial charge in [-0.05, 0) is 60.8 Å². The van der Waals surface area contributed by atoms with Crippen LogP contribution in [0.3, 0.4) is 0 Å². The Morgan fingerprint density at radius 1 is 1.06 bits per heavy atom. The number of imide groups is 1. The Balaban J connectivity index is 1.31. The maximum atomic E-state index is 13.4. The Morgan fingerprint density at radius 2 is 1.66 bits per heavy atom. The summed E-state index contributed by atoms with van der Waals surface area (Å²) in [5.74, 6) is -1.04. The van der Waals surface area contributed by atoms with E-state index in [-0.39, 0.29) is 41.3 Å². The van der Waals surface area contributed by atoms with Crippen molar-refractivity contribution in [2.45, 2.75) is 38.6 Å². The van der Waals surface area contributed by atoms with Crippen molar-refractivity contribution in [3.05, 3.63) is 47.0 Å². The van der Waals surface area contributed by atoms with Crippen LogP contribution in [-0.2, 0) is 19.1 Å². The molecule has 1 saturated heterocycles. The highest BCUT2D eigenvalue weighted by Crippen LogP contribution is 2.65. The Kier molecular flexibility index (Phi) is 5.44. The number of Topliss-reactive ketones (excluding diaryl/α,β-unsaturated/α-hetero) is 1. The molecule has 2 amide bonds. The van der Waals surface area contributed by atoms with Crippen LogP contribution in [0.25, 0.3) is 0 Å². The molecule has 1 aromatic carbocycles. The van der Waals surface area contributed by atoms with Gasteiger partial charge in [0, 0.05) is 10.6 Å². The predicted octanol–water partition coefficient (Wildman–Crippen LogP) is 3.68. The molecule has 1 aliphatic heterocycles. The molecule has 6 rings (SSSR count). The molecule has 6 nitrogen and oxygen atoms in total. The summed E-state index contributed by atoms with van der Waals surface area (Å²) in [6.45, 7) is 1.54. The van der Waals surface area contributed by atoms with Crippen molar-refractivity contribution in [1.29, 1.82) is 0 Å². The van der Waals surface area contributed by atoms with Crippen LogP contribution in [0.2, 0.25) is 5.02 Å². The number of benzene rings is 1. The summed E-state index contributed by atoms with van der Waals surface area (Å²) in [6.07, 6.45) is 7.14. The van der Waals surface area contributed by atoms with Crippen LogP contribution in [0.15, 0.2) is 36.4 Å². The van der Waals surface area contributed by atoms with Gasteiger partial charge >= 0.3 is 5.97 Å². The van der Waals surface area contributed by atoms with Crippen molar-refractivity contribution in [2.75, 3.05) is 6.61 Å². The van der Waals surface area contributed by atoms with E-state index in [0.717, 1.165) is 12.8 Å². The van der Waals surface area contributed by atoms with Gasteiger partial charge < -0.3 is 4.74 Å². The molecular formula is C25H26ClNO5. The lowest BCUT2D eigenvalue weighted by molar-refractivity contribution is -0.158. The number of rotatable bonds is 8. The molecule has 1 aromatic rings. The van der Waals surface area contributed by atoms with E-state index in [9.17, 15) is 19.2 Å². The average molecular weight is 456 g/mol. The number of ketones is 1. The van der Waals surface area contributed by atoms with E-state index >= 15 is 0 Å². The van der Waals surface area contributed by atoms with Crippen LogP contribution in [0, 0.1) is 35.5 Å². The minimum atomic E-state index is -0.978. The molecule has 7 atom stereocenters. The lowest BCUT2D eigenvalue weighted by atomic mass is 9.63. The second-order valence-electron chi connectivity index (χ2n) is 9.40. The number of carbonyl (C=O) groups excluding carboxylic acids is 4. The summed E-state index contributed by atoms with van der Waals surface area (Å²) in [5.41, 5.74) is 0.383. The Labute approximate surface area is 191 Å². The normalized spacial score (nSPS) is 32.5. The molecule has 1 heterocycles. The van der Waals surface area contributed by atoms with Gasteiger partial charge in [-0.25, -0.2) is 4.79 Å². The molecule has 168 valence electrons. The van der Waals surface area contributed by atoms with E-state index in [1.54, 1.807) is 24.3 Å². The number of hydrogen-bond donors (Lipinski definition) is 0. The second-order valence-corrected chi connectivity index (χ2v) is 9.83. The van der Waals surface area contributed by atoms with Gasteiger partial charge in [-0.2, -0.15) is 0 Å². The van der Waals surface area contributed by atoms with Gasteiger partial charge in [0.05, 0.1) is 11.8 Å². The Bertz CT molecular complexity index is 966. The van der Waals surface area contributed by atoms with Crippen molar-refractivity contribution in [3.8, 4) is 0 Å². The van der Waals surface area contributed by atoms with E-state index in [2.05, 4.69) is 12.2 Å². The molecule has 0 aromatic heterocycles. The lowest BCUT2D eigenvalue weighted by Gasteiger charge is -2.37. The first-order chi connectivity index (χ1) is 15.4. The maximum absolute atomic E-state index is 13.4. The standard InChI is InChI=1S/C25H26ClNO5/c1-2-3-4-19(25(31)32-12-20(28)13-5-7-14(26)8-6-13)27-23(29)21-15-9-10-16(18-11-17(15)18)22(21)24(27)30/h5-10,15-19,21-22H,2-4,11-12H2,1H3/t15-,16-,17-,18-,19+,21-,22+/m0/s1. The minimum absolute atomic E-state index is 0.103. The number of nitrogens with zero attached hydrogens (tertiary/aromatic N) is 1. The molecular weight excluding hydrogens is 430 g/mol. The molecule has 2 saturated carbocycles. The van der Waals surface area contributed by atoms with Crippen LogP contribution in [0.5, 0.6) is 0 Å². The third kappa shape index (κ3) is 3.40. The van der Waals surface area contributed by atoms with Gasteiger partial charge in [0.25, 0.3) is 0 Å². The fourth-order valence-electron chi connectivity index (χ4n) is 5.99. The number of halogens is 1. The van der Waals surface area contributed by atoms with E-state index < -0.39 is 18.6 Å². The third-order valence-corrected chi connectivity index (χ3v) is 7.88. The van der Waals surface area contributed by atoms with Gasteiger partial charge in [-0.15, -0.1) is 0 Å². The first kappa shape index (κ1) is 21.4. The predicted molar refractivity (Wildman–Crippen MR) is 117 cm³/mol. The van der Waals surface area contributed by atoms with Crippen molar-refractivity contribution in [3.63, 3.8) is 0 Å². The van der Waals surface area contributed by atoms with Crippen LogP contribution in [0.4, 0.5) is 0 Å². The zero-order valence-corrected chi connectivity index (χ0v) is 18.7. The third-order valence-electron chi connectivity index (χ3n) is 7.62. The van der Waals surface area contributed by atoms with Crippen LogP contribution < -0.4 is 0 Å². The highest BCUT2D eigenvalue weighted by atomic mass is 35.5. The molecule has 3 fully saturated rings. The van der Waals surface area contributed by atoms with Crippen molar-refractivity contribution < 1.29 is 23.9 Å². The number of ether oxygens (including phenoxy) is 1. The molecule has 0 unspecified atom stereocenters. The van der Waals surface area contributed by atoms with Crippen molar-refractivity contribution >= 4 is 35.2 Å². The number of carbonyl (C=O) groups is 4. The van der Waals surface area contributed by atoms with E-state index in [4.69, 9.17) is 16.3 Å². The van der Waals surface area contributed by atoms with Crippen LogP contribution in [0.1, 0.15) is 43.0 Å². The highest BCUT2D eigenvalue weighted by Gasteiger charge is 2.67. The van der Waals surface area contributed by atoms with Gasteiger partial charge in [-0.1, -0.05) is 43.5 Å². The molecule has 0 radical (unpaired) electrons. The summed E-state index contributed by atoms with van der Waals surface area (Å²) in [5, 5.41) is 0.506. The van der Waals surface area contributed by atoms with Crippen LogP contribution >= 0.6 is 11.6 Å². The summed E-state index contributed by atoms with van der Waals surface area (Å²) in [7, 11) is 0. The fraction of sp³-hybridized carbons (Fsp3) is 0.520. The molecule has 2 bridgehead atoms. The number of allylic oxidation sites excluding steroid dienone is 2. The molecule has 5 aliphatic rings. The van der Waals surface area contributed by atoms with E-state index in [0.29, 0.717) is 35.3 Å². The quantitative estimate of drug-likeness (QED) is 0.258. The van der Waals surface area contributed by atoms with E-state index in [1.807, 2.05) is 6.92 Å². The summed E-state index contributed by atoms with van der Waals surface area (Å²) < 4.78 is 5.33. The van der Waals surface area contributed by atoms with E-state index in [1.165, 1.54) is 4.90 Å². The number of hydrogen-bond acceptors (Lipinski definition) is 5. The SMILES string of the molecule is CCCC[C@H](C(=O)OCC(=O)c1ccc(Cl)cc1)N1C(=O)[C@@H]2[C@H]3C=C[C@@H]([C@@H]4C[C@@H]34)[C@@H]2C1=O. The smallest absolute Gasteiger partial charge is 0.329 e. The first-order valence-electron chi connectivity index (χ1n) is 11.4. The molecule has 4 aliphatic carbocycles. The zero-order valence-electron chi connectivity index (χ0n) is 17.9. The molecule has 7 heteroatoms. The van der Waals surface area contributed by atoms with Crippen LogP contribution in [-0.4, -0.2) is 41.1 Å². The second kappa shape index (κ2) is 8.14. The number of esters is 1. The summed E-state index contributed by atoms with van der Waals surface area (Å²) >= 11 is 5.85. The van der Waals surface area contributed by atoms with Gasteiger partial charge in [0.2, 0.25) is 11.8 Å². The summed E-state index contributed by atoms with van der Waals surface area (Å²) in [6, 6.07) is 5.35.